The van der Waals surface area contributed by atoms with Gasteiger partial charge in [0.25, 0.3) is 0 Å². The van der Waals surface area contributed by atoms with Crippen molar-refractivity contribution in [3.8, 4) is 0 Å². The fourth-order valence-electron chi connectivity index (χ4n) is 1.95. The van der Waals surface area contributed by atoms with Crippen molar-refractivity contribution in [2.75, 3.05) is 5.32 Å². The number of amides is 1. The maximum absolute atomic E-state index is 12.0. The SMILES string of the molecule is Cc1nn(C(C)C)c(NC(C)C(=O)NC(C)C)c1[N+](=O)[O-]. The summed E-state index contributed by atoms with van der Waals surface area (Å²) in [6.07, 6.45) is 0. The van der Waals surface area contributed by atoms with Crippen molar-refractivity contribution in [3.05, 3.63) is 15.8 Å². The molecule has 0 aliphatic carbocycles. The zero-order chi connectivity index (χ0) is 16.3. The second-order valence-electron chi connectivity index (χ2n) is 5.61. The molecule has 1 rings (SSSR count). The molecule has 0 aliphatic heterocycles. The van der Waals surface area contributed by atoms with Crippen molar-refractivity contribution in [1.82, 2.24) is 15.1 Å². The van der Waals surface area contributed by atoms with E-state index in [1.165, 1.54) is 4.68 Å². The van der Waals surface area contributed by atoms with Crippen LogP contribution in [0.15, 0.2) is 0 Å². The van der Waals surface area contributed by atoms with Gasteiger partial charge in [0.2, 0.25) is 11.7 Å². The minimum Gasteiger partial charge on any atom is -0.353 e. The van der Waals surface area contributed by atoms with Gasteiger partial charge in [0.05, 0.1) is 4.92 Å². The van der Waals surface area contributed by atoms with E-state index in [2.05, 4.69) is 15.7 Å². The number of nitro groups is 1. The molecule has 0 saturated heterocycles. The Morgan fingerprint density at radius 1 is 1.29 bits per heavy atom. The molecular weight excluding hydrogens is 274 g/mol. The first-order valence-corrected chi connectivity index (χ1v) is 6.95. The highest BCUT2D eigenvalue weighted by Gasteiger charge is 2.28. The molecule has 1 aromatic rings. The van der Waals surface area contributed by atoms with Gasteiger partial charge in [-0.05, 0) is 41.5 Å². The van der Waals surface area contributed by atoms with Crippen LogP contribution in [0.1, 0.15) is 46.4 Å². The van der Waals surface area contributed by atoms with Gasteiger partial charge in [-0.1, -0.05) is 0 Å². The monoisotopic (exact) mass is 297 g/mol. The van der Waals surface area contributed by atoms with Gasteiger partial charge in [0.15, 0.2) is 0 Å². The molecule has 8 heteroatoms. The molecule has 1 unspecified atom stereocenters. The second kappa shape index (κ2) is 6.55. The molecular formula is C13H23N5O3. The summed E-state index contributed by atoms with van der Waals surface area (Å²) >= 11 is 0. The minimum atomic E-state index is -0.597. The van der Waals surface area contributed by atoms with Crippen LogP contribution >= 0.6 is 0 Å². The summed E-state index contributed by atoms with van der Waals surface area (Å²) in [5.74, 6) is 0.0485. The summed E-state index contributed by atoms with van der Waals surface area (Å²) in [5, 5.41) is 21.1. The van der Waals surface area contributed by atoms with Gasteiger partial charge < -0.3 is 10.6 Å². The molecule has 0 spiro atoms. The Hall–Kier alpha value is -2.12. The third kappa shape index (κ3) is 3.93. The second-order valence-corrected chi connectivity index (χ2v) is 5.61. The summed E-state index contributed by atoms with van der Waals surface area (Å²) < 4.78 is 1.53. The number of nitrogens with one attached hydrogen (secondary N) is 2. The third-order valence-corrected chi connectivity index (χ3v) is 2.90. The van der Waals surface area contributed by atoms with Gasteiger partial charge >= 0.3 is 5.69 Å². The summed E-state index contributed by atoms with van der Waals surface area (Å²) in [5.41, 5.74) is 0.237. The largest absolute Gasteiger partial charge is 0.353 e. The highest BCUT2D eigenvalue weighted by Crippen LogP contribution is 2.31. The smallest absolute Gasteiger partial charge is 0.333 e. The molecule has 1 aromatic heterocycles. The Kier molecular flexibility index (Phi) is 5.28. The number of rotatable bonds is 6. The number of aryl methyl sites for hydroxylation is 1. The standard InChI is InChI=1S/C13H23N5O3/c1-7(2)14-13(19)10(6)15-12-11(18(20)21)9(5)16-17(12)8(3)4/h7-8,10,15H,1-6H3,(H,14,19). The summed E-state index contributed by atoms with van der Waals surface area (Å²) in [4.78, 5) is 22.7. The van der Waals surface area contributed by atoms with E-state index in [1.54, 1.807) is 13.8 Å². The molecule has 0 aromatic carbocycles. The van der Waals surface area contributed by atoms with E-state index in [0.717, 1.165) is 0 Å². The van der Waals surface area contributed by atoms with Crippen molar-refractivity contribution in [3.63, 3.8) is 0 Å². The fraction of sp³-hybridized carbons (Fsp3) is 0.692. The summed E-state index contributed by atoms with van der Waals surface area (Å²) in [6, 6.07) is -0.645. The maximum Gasteiger partial charge on any atom is 0.333 e. The Balaban J connectivity index is 3.11. The number of carbonyl (C=O) groups is 1. The topological polar surface area (TPSA) is 102 Å². The van der Waals surface area contributed by atoms with E-state index in [0.29, 0.717) is 5.69 Å². The molecule has 1 heterocycles. The van der Waals surface area contributed by atoms with Crippen LogP contribution in [-0.2, 0) is 4.79 Å². The molecule has 118 valence electrons. The van der Waals surface area contributed by atoms with Crippen LogP contribution in [-0.4, -0.2) is 32.7 Å². The lowest BCUT2D eigenvalue weighted by atomic mass is 10.2. The van der Waals surface area contributed by atoms with Gasteiger partial charge in [-0.2, -0.15) is 5.10 Å². The Morgan fingerprint density at radius 2 is 1.86 bits per heavy atom. The summed E-state index contributed by atoms with van der Waals surface area (Å²) in [7, 11) is 0. The number of hydrogen-bond acceptors (Lipinski definition) is 5. The first kappa shape index (κ1) is 16.9. The quantitative estimate of drug-likeness (QED) is 0.617. The average Bonchev–Trinajstić information content (AvgIpc) is 2.65. The minimum absolute atomic E-state index is 0.00785. The van der Waals surface area contributed by atoms with E-state index < -0.39 is 11.0 Å². The van der Waals surface area contributed by atoms with Crippen LogP contribution in [0.2, 0.25) is 0 Å². The zero-order valence-electron chi connectivity index (χ0n) is 13.3. The molecule has 1 amide bonds. The number of carbonyl (C=O) groups excluding carboxylic acids is 1. The van der Waals surface area contributed by atoms with E-state index >= 15 is 0 Å². The fourth-order valence-corrected chi connectivity index (χ4v) is 1.95. The maximum atomic E-state index is 12.0. The lowest BCUT2D eigenvalue weighted by Crippen LogP contribution is -2.41. The van der Waals surface area contributed by atoms with Crippen molar-refractivity contribution >= 4 is 17.4 Å². The van der Waals surface area contributed by atoms with E-state index in [9.17, 15) is 14.9 Å². The average molecular weight is 297 g/mol. The predicted molar refractivity (Wildman–Crippen MR) is 80.4 cm³/mol. The molecule has 8 nitrogen and oxygen atoms in total. The van der Waals surface area contributed by atoms with Gasteiger partial charge in [0, 0.05) is 12.1 Å². The Labute approximate surface area is 124 Å². The van der Waals surface area contributed by atoms with Gasteiger partial charge in [-0.3, -0.25) is 14.9 Å². The van der Waals surface area contributed by atoms with Gasteiger partial charge in [-0.15, -0.1) is 0 Å². The molecule has 1 atom stereocenters. The van der Waals surface area contributed by atoms with Crippen LogP contribution in [0.5, 0.6) is 0 Å². The van der Waals surface area contributed by atoms with E-state index in [-0.39, 0.29) is 29.5 Å². The lowest BCUT2D eigenvalue weighted by Gasteiger charge is -2.18. The number of hydrogen-bond donors (Lipinski definition) is 2. The Bertz CT molecular complexity index is 536. The molecule has 21 heavy (non-hydrogen) atoms. The Morgan fingerprint density at radius 3 is 2.29 bits per heavy atom. The van der Waals surface area contributed by atoms with Crippen LogP contribution < -0.4 is 10.6 Å². The van der Waals surface area contributed by atoms with Crippen molar-refractivity contribution in [2.24, 2.45) is 0 Å². The van der Waals surface area contributed by atoms with Crippen molar-refractivity contribution in [2.45, 2.75) is 59.7 Å². The number of aromatic nitrogens is 2. The first-order valence-electron chi connectivity index (χ1n) is 6.95. The lowest BCUT2D eigenvalue weighted by molar-refractivity contribution is -0.384. The first-order chi connectivity index (χ1) is 9.65. The number of nitrogens with zero attached hydrogens (tertiary/aromatic N) is 3. The summed E-state index contributed by atoms with van der Waals surface area (Å²) in [6.45, 7) is 10.7. The normalized spacial score (nSPS) is 12.6. The van der Waals surface area contributed by atoms with Crippen molar-refractivity contribution < 1.29 is 9.72 Å². The molecule has 0 radical (unpaired) electrons. The van der Waals surface area contributed by atoms with Crippen LogP contribution in [0.4, 0.5) is 11.5 Å². The van der Waals surface area contributed by atoms with E-state index in [1.807, 2.05) is 27.7 Å². The van der Waals surface area contributed by atoms with E-state index in [4.69, 9.17) is 0 Å². The molecule has 2 N–H and O–H groups in total. The van der Waals surface area contributed by atoms with Gasteiger partial charge in [0.1, 0.15) is 11.7 Å². The zero-order valence-corrected chi connectivity index (χ0v) is 13.3. The van der Waals surface area contributed by atoms with Crippen molar-refractivity contribution in [1.29, 1.82) is 0 Å². The molecule has 0 fully saturated rings. The van der Waals surface area contributed by atoms with Crippen LogP contribution in [0.3, 0.4) is 0 Å². The van der Waals surface area contributed by atoms with Crippen LogP contribution in [0, 0.1) is 17.0 Å². The highest BCUT2D eigenvalue weighted by molar-refractivity contribution is 5.85. The highest BCUT2D eigenvalue weighted by atomic mass is 16.6. The van der Waals surface area contributed by atoms with Gasteiger partial charge in [-0.25, -0.2) is 4.68 Å². The predicted octanol–water partition coefficient (Wildman–Crippen LogP) is 2.01. The third-order valence-electron chi connectivity index (χ3n) is 2.90. The molecule has 0 saturated carbocycles. The molecule has 0 aliphatic rings. The molecule has 0 bridgehead atoms. The van der Waals surface area contributed by atoms with Crippen LogP contribution in [0.25, 0.3) is 0 Å². The number of anilines is 1.